The number of fused-ring (bicyclic) bond motifs is 1. The first-order chi connectivity index (χ1) is 17.5. The molecule has 2 aromatic heterocycles. The molecule has 1 amide bonds. The monoisotopic (exact) mass is 503 g/mol. The van der Waals surface area contributed by atoms with Crippen LogP contribution in [0.15, 0.2) is 73.2 Å². The van der Waals surface area contributed by atoms with Gasteiger partial charge in [-0.15, -0.1) is 0 Å². The second-order valence-corrected chi connectivity index (χ2v) is 7.78. The summed E-state index contributed by atoms with van der Waals surface area (Å²) < 4.78 is 19.6. The minimum atomic E-state index is -0.567. The van der Waals surface area contributed by atoms with Crippen LogP contribution in [0.4, 0.5) is 21.5 Å². The molecule has 0 aliphatic rings. The molecular formula is C25H19ClFN7O2. The number of amides is 1. The summed E-state index contributed by atoms with van der Waals surface area (Å²) in [6, 6.07) is 12.9. The van der Waals surface area contributed by atoms with Crippen LogP contribution in [0.5, 0.6) is 11.5 Å². The minimum Gasteiger partial charge on any atom is -0.453 e. The molecule has 0 unspecified atom stereocenters. The van der Waals surface area contributed by atoms with E-state index < -0.39 is 11.7 Å². The highest BCUT2D eigenvalue weighted by molar-refractivity contribution is 6.31. The standard InChI is InChI=1S/C25H19ClFN7O2/c26-19-9-16(5-6-20(19)27)33-25-15(12-28)13-31-21-11-23(36-17-3-1-7-30-14-17)22(10-18(21)25)34-24(35)4-2-8-32-29/h1-7,9-11,13-14,32H,8,29H2,(H,31,33)(H,34,35)/b4-2+. The number of hydrazine groups is 1. The van der Waals surface area contributed by atoms with Gasteiger partial charge in [0.2, 0.25) is 5.91 Å². The Balaban J connectivity index is 1.82. The summed E-state index contributed by atoms with van der Waals surface area (Å²) in [6.07, 6.45) is 7.42. The zero-order valence-corrected chi connectivity index (χ0v) is 19.4. The van der Waals surface area contributed by atoms with Crippen LogP contribution in [0.1, 0.15) is 5.56 Å². The van der Waals surface area contributed by atoms with Crippen LogP contribution in [0, 0.1) is 17.1 Å². The van der Waals surface area contributed by atoms with Crippen molar-refractivity contribution >= 4 is 45.5 Å². The van der Waals surface area contributed by atoms with Crippen molar-refractivity contribution in [3.8, 4) is 17.6 Å². The summed E-state index contributed by atoms with van der Waals surface area (Å²) in [4.78, 5) is 20.9. The minimum absolute atomic E-state index is 0.0734. The van der Waals surface area contributed by atoms with Crippen LogP contribution in [-0.4, -0.2) is 22.4 Å². The molecule has 11 heteroatoms. The van der Waals surface area contributed by atoms with Crippen molar-refractivity contribution in [1.29, 1.82) is 5.26 Å². The first kappa shape index (κ1) is 24.6. The van der Waals surface area contributed by atoms with Crippen molar-refractivity contribution in [1.82, 2.24) is 15.4 Å². The van der Waals surface area contributed by atoms with Crippen LogP contribution in [0.3, 0.4) is 0 Å². The molecule has 0 atom stereocenters. The third-order valence-corrected chi connectivity index (χ3v) is 5.19. The van der Waals surface area contributed by atoms with Crippen LogP contribution >= 0.6 is 11.6 Å². The Morgan fingerprint density at radius 3 is 2.83 bits per heavy atom. The van der Waals surface area contributed by atoms with Crippen molar-refractivity contribution in [2.75, 3.05) is 17.2 Å². The molecule has 2 heterocycles. The van der Waals surface area contributed by atoms with Gasteiger partial charge in [-0.05, 0) is 36.4 Å². The molecule has 180 valence electrons. The molecule has 0 fully saturated rings. The van der Waals surface area contributed by atoms with Crippen molar-refractivity contribution in [3.05, 3.63) is 89.6 Å². The van der Waals surface area contributed by atoms with Gasteiger partial charge in [0.25, 0.3) is 0 Å². The number of benzene rings is 2. The molecule has 0 bridgehead atoms. The molecule has 4 rings (SSSR count). The van der Waals surface area contributed by atoms with E-state index in [1.165, 1.54) is 36.7 Å². The highest BCUT2D eigenvalue weighted by Crippen LogP contribution is 2.38. The number of pyridine rings is 2. The van der Waals surface area contributed by atoms with E-state index in [0.29, 0.717) is 46.0 Å². The van der Waals surface area contributed by atoms with Crippen molar-refractivity contribution in [3.63, 3.8) is 0 Å². The Hall–Kier alpha value is -4.56. The first-order valence-corrected chi connectivity index (χ1v) is 10.9. The molecule has 0 saturated carbocycles. The zero-order valence-electron chi connectivity index (χ0n) is 18.6. The van der Waals surface area contributed by atoms with E-state index in [1.807, 2.05) is 0 Å². The number of halogens is 2. The number of nitrogens with one attached hydrogen (secondary N) is 3. The third-order valence-electron chi connectivity index (χ3n) is 4.90. The maximum Gasteiger partial charge on any atom is 0.248 e. The maximum absolute atomic E-state index is 13.6. The Kier molecular flexibility index (Phi) is 7.67. The molecule has 36 heavy (non-hydrogen) atoms. The number of hydrogen-bond donors (Lipinski definition) is 4. The van der Waals surface area contributed by atoms with Crippen molar-refractivity contribution in [2.45, 2.75) is 0 Å². The van der Waals surface area contributed by atoms with E-state index in [9.17, 15) is 14.4 Å². The lowest BCUT2D eigenvalue weighted by Gasteiger charge is -2.16. The lowest BCUT2D eigenvalue weighted by molar-refractivity contribution is -0.111. The fourth-order valence-corrected chi connectivity index (χ4v) is 3.46. The van der Waals surface area contributed by atoms with E-state index in [1.54, 1.807) is 36.5 Å². The van der Waals surface area contributed by atoms with Crippen LogP contribution in [0.25, 0.3) is 10.9 Å². The number of nitrogens with two attached hydrogens (primary N) is 1. The molecule has 5 N–H and O–H groups in total. The number of carbonyl (C=O) groups is 1. The summed E-state index contributed by atoms with van der Waals surface area (Å²) in [5.41, 5.74) is 4.32. The van der Waals surface area contributed by atoms with Gasteiger partial charge in [-0.2, -0.15) is 5.26 Å². The van der Waals surface area contributed by atoms with Gasteiger partial charge in [0.15, 0.2) is 5.75 Å². The molecular weight excluding hydrogens is 485 g/mol. The molecule has 4 aromatic rings. The average Bonchev–Trinajstić information content (AvgIpc) is 2.88. The van der Waals surface area contributed by atoms with Gasteiger partial charge >= 0.3 is 0 Å². The quantitative estimate of drug-likeness (QED) is 0.153. The molecule has 9 nitrogen and oxygen atoms in total. The lowest BCUT2D eigenvalue weighted by atomic mass is 10.1. The van der Waals surface area contributed by atoms with Crippen LogP contribution in [0.2, 0.25) is 5.02 Å². The predicted octanol–water partition coefficient (Wildman–Crippen LogP) is 4.79. The lowest BCUT2D eigenvalue weighted by Crippen LogP contribution is -2.21. The summed E-state index contributed by atoms with van der Waals surface area (Å²) >= 11 is 5.92. The van der Waals surface area contributed by atoms with Gasteiger partial charge in [0.1, 0.15) is 17.6 Å². The molecule has 0 aliphatic heterocycles. The Morgan fingerprint density at radius 2 is 2.11 bits per heavy atom. The number of ether oxygens (including phenoxy) is 1. The number of nitriles is 1. The SMILES string of the molecule is N#Cc1cnc2cc(Oc3cccnc3)c(NC(=O)/C=C/CNN)cc2c1Nc1ccc(F)c(Cl)c1. The molecule has 0 saturated heterocycles. The second-order valence-electron chi connectivity index (χ2n) is 7.37. The Bertz CT molecular complexity index is 1490. The van der Waals surface area contributed by atoms with E-state index in [0.717, 1.165) is 0 Å². The van der Waals surface area contributed by atoms with Gasteiger partial charge in [0.05, 0.1) is 33.7 Å². The first-order valence-electron chi connectivity index (χ1n) is 10.6. The number of aromatic nitrogens is 2. The topological polar surface area (TPSA) is 138 Å². The highest BCUT2D eigenvalue weighted by Gasteiger charge is 2.16. The molecule has 0 aliphatic carbocycles. The fourth-order valence-electron chi connectivity index (χ4n) is 3.28. The van der Waals surface area contributed by atoms with E-state index in [-0.39, 0.29) is 10.6 Å². The summed E-state index contributed by atoms with van der Waals surface area (Å²) in [6.45, 7) is 0.300. The summed E-state index contributed by atoms with van der Waals surface area (Å²) in [5.74, 6) is 5.00. The normalized spacial score (nSPS) is 10.8. The fraction of sp³-hybridized carbons (Fsp3) is 0.0400. The van der Waals surface area contributed by atoms with Gasteiger partial charge in [0, 0.05) is 42.2 Å². The van der Waals surface area contributed by atoms with Crippen LogP contribution in [-0.2, 0) is 4.79 Å². The summed E-state index contributed by atoms with van der Waals surface area (Å²) in [7, 11) is 0. The summed E-state index contributed by atoms with van der Waals surface area (Å²) in [5, 5.41) is 16.0. The van der Waals surface area contributed by atoms with Crippen LogP contribution < -0.4 is 26.6 Å². The largest absolute Gasteiger partial charge is 0.453 e. The number of rotatable bonds is 8. The molecule has 2 aromatic carbocycles. The van der Waals surface area contributed by atoms with Gasteiger partial charge in [-0.25, -0.2) is 4.39 Å². The number of nitrogens with zero attached hydrogens (tertiary/aromatic N) is 3. The van der Waals surface area contributed by atoms with Crippen molar-refractivity contribution in [2.24, 2.45) is 5.84 Å². The van der Waals surface area contributed by atoms with Crippen molar-refractivity contribution < 1.29 is 13.9 Å². The van der Waals surface area contributed by atoms with Gasteiger partial charge in [-0.1, -0.05) is 17.7 Å². The molecule has 0 spiro atoms. The van der Waals surface area contributed by atoms with Gasteiger partial charge in [-0.3, -0.25) is 26.0 Å². The van der Waals surface area contributed by atoms with E-state index >= 15 is 0 Å². The van der Waals surface area contributed by atoms with E-state index in [4.69, 9.17) is 22.2 Å². The highest BCUT2D eigenvalue weighted by atomic mass is 35.5. The average molecular weight is 504 g/mol. The zero-order chi connectivity index (χ0) is 25.5. The Labute approximate surface area is 210 Å². The third kappa shape index (κ3) is 5.73. The van der Waals surface area contributed by atoms with E-state index in [2.05, 4.69) is 32.1 Å². The predicted molar refractivity (Wildman–Crippen MR) is 135 cm³/mol. The maximum atomic E-state index is 13.6. The number of hydrogen-bond acceptors (Lipinski definition) is 8. The van der Waals surface area contributed by atoms with Gasteiger partial charge < -0.3 is 15.4 Å². The number of anilines is 3. The molecule has 0 radical (unpaired) electrons. The second kappa shape index (κ2) is 11.2. The Morgan fingerprint density at radius 1 is 1.25 bits per heavy atom. The smallest absolute Gasteiger partial charge is 0.248 e. The number of carbonyl (C=O) groups excluding carboxylic acids is 1.